The predicted octanol–water partition coefficient (Wildman–Crippen LogP) is 0.731. The minimum atomic E-state index is 0.0876. The molecule has 1 unspecified atom stereocenters. The summed E-state index contributed by atoms with van der Waals surface area (Å²) >= 11 is 0. The van der Waals surface area contributed by atoms with E-state index in [1.165, 1.54) is 19.3 Å². The normalized spacial score (nSPS) is 35.4. The summed E-state index contributed by atoms with van der Waals surface area (Å²) in [7, 11) is 0. The van der Waals surface area contributed by atoms with Gasteiger partial charge in [-0.1, -0.05) is 20.3 Å². The molecular weight excluding hydrogens is 202 g/mol. The van der Waals surface area contributed by atoms with E-state index in [1.807, 2.05) is 0 Å². The summed E-state index contributed by atoms with van der Waals surface area (Å²) in [6.07, 6.45) is 3.73. The fourth-order valence-corrected chi connectivity index (χ4v) is 3.02. The van der Waals surface area contributed by atoms with Crippen molar-refractivity contribution in [3.63, 3.8) is 0 Å². The zero-order valence-corrected chi connectivity index (χ0v) is 10.6. The first-order valence-corrected chi connectivity index (χ1v) is 6.40. The summed E-state index contributed by atoms with van der Waals surface area (Å²) < 4.78 is 5.37. The molecule has 4 heteroatoms. The van der Waals surface area contributed by atoms with Crippen LogP contribution >= 0.6 is 0 Å². The summed E-state index contributed by atoms with van der Waals surface area (Å²) in [4.78, 5) is 0. The molecule has 4 nitrogen and oxygen atoms in total. The molecule has 0 bridgehead atoms. The van der Waals surface area contributed by atoms with Gasteiger partial charge in [0, 0.05) is 25.2 Å². The van der Waals surface area contributed by atoms with Gasteiger partial charge in [0.25, 0.3) is 0 Å². The van der Waals surface area contributed by atoms with Gasteiger partial charge in [-0.15, -0.1) is 0 Å². The zero-order chi connectivity index (χ0) is 11.6. The number of nitrogens with two attached hydrogens (primary N) is 1. The summed E-state index contributed by atoms with van der Waals surface area (Å²) in [5, 5.41) is 2.30. The fourth-order valence-electron chi connectivity index (χ4n) is 3.02. The molecule has 0 radical (unpaired) electrons. The van der Waals surface area contributed by atoms with Crippen molar-refractivity contribution < 1.29 is 4.74 Å². The maximum absolute atomic E-state index is 6.04. The Balaban J connectivity index is 2.03. The van der Waals surface area contributed by atoms with E-state index in [0.29, 0.717) is 5.41 Å². The molecular formula is C12H25N3O. The van der Waals surface area contributed by atoms with Gasteiger partial charge in [0.2, 0.25) is 0 Å². The van der Waals surface area contributed by atoms with E-state index in [9.17, 15) is 0 Å². The van der Waals surface area contributed by atoms with E-state index < -0.39 is 0 Å². The number of morpholine rings is 1. The third-order valence-electron chi connectivity index (χ3n) is 4.43. The number of hydrazine groups is 1. The SMILES string of the molecule is CC1(C)CCCC1(CN)NN1CCOCC1. The molecule has 0 aromatic heterocycles. The summed E-state index contributed by atoms with van der Waals surface area (Å²) in [5.74, 6) is 0. The average molecular weight is 227 g/mol. The molecule has 16 heavy (non-hydrogen) atoms. The van der Waals surface area contributed by atoms with Crippen molar-refractivity contribution in [1.29, 1.82) is 0 Å². The molecule has 1 saturated carbocycles. The Labute approximate surface area is 98.5 Å². The molecule has 2 fully saturated rings. The second kappa shape index (κ2) is 4.61. The van der Waals surface area contributed by atoms with Crippen LogP contribution in [-0.4, -0.2) is 43.4 Å². The first kappa shape index (κ1) is 12.3. The van der Waals surface area contributed by atoms with Crippen LogP contribution in [-0.2, 0) is 4.74 Å². The van der Waals surface area contributed by atoms with Crippen LogP contribution in [0.4, 0.5) is 0 Å². The topological polar surface area (TPSA) is 50.5 Å². The molecule has 1 atom stereocenters. The lowest BCUT2D eigenvalue weighted by molar-refractivity contribution is -0.0305. The second-order valence-corrected chi connectivity index (χ2v) is 5.73. The highest BCUT2D eigenvalue weighted by atomic mass is 16.5. The van der Waals surface area contributed by atoms with E-state index >= 15 is 0 Å². The average Bonchev–Trinajstić information content (AvgIpc) is 2.56. The maximum atomic E-state index is 6.04. The molecule has 2 aliphatic rings. The standard InChI is InChI=1S/C12H25N3O/c1-11(2)4-3-5-12(11,10-13)14-15-6-8-16-9-7-15/h14H,3-10,13H2,1-2H3. The van der Waals surface area contributed by atoms with Crippen LogP contribution in [0, 0.1) is 5.41 Å². The Morgan fingerprint density at radius 3 is 2.44 bits per heavy atom. The minimum absolute atomic E-state index is 0.0876. The second-order valence-electron chi connectivity index (χ2n) is 5.73. The smallest absolute Gasteiger partial charge is 0.0608 e. The van der Waals surface area contributed by atoms with Crippen LogP contribution in [0.1, 0.15) is 33.1 Å². The Morgan fingerprint density at radius 1 is 1.25 bits per heavy atom. The molecule has 94 valence electrons. The van der Waals surface area contributed by atoms with Crippen molar-refractivity contribution in [3.8, 4) is 0 Å². The van der Waals surface area contributed by atoms with Crippen LogP contribution in [0.2, 0.25) is 0 Å². The highest BCUT2D eigenvalue weighted by Crippen LogP contribution is 2.45. The van der Waals surface area contributed by atoms with Crippen LogP contribution < -0.4 is 11.2 Å². The van der Waals surface area contributed by atoms with Gasteiger partial charge in [0.15, 0.2) is 0 Å². The monoisotopic (exact) mass is 227 g/mol. The number of nitrogens with zero attached hydrogens (tertiary/aromatic N) is 1. The summed E-state index contributed by atoms with van der Waals surface area (Å²) in [6, 6.07) is 0. The third kappa shape index (κ3) is 2.12. The van der Waals surface area contributed by atoms with Gasteiger partial charge in [-0.25, -0.2) is 10.4 Å². The van der Waals surface area contributed by atoms with E-state index in [2.05, 4.69) is 24.3 Å². The zero-order valence-electron chi connectivity index (χ0n) is 10.6. The third-order valence-corrected chi connectivity index (χ3v) is 4.43. The van der Waals surface area contributed by atoms with Crippen molar-refractivity contribution >= 4 is 0 Å². The van der Waals surface area contributed by atoms with Gasteiger partial charge in [-0.05, 0) is 18.3 Å². The lowest BCUT2D eigenvalue weighted by Crippen LogP contribution is -2.64. The first-order chi connectivity index (χ1) is 7.60. The van der Waals surface area contributed by atoms with Gasteiger partial charge in [-0.3, -0.25) is 0 Å². The number of hydrogen-bond donors (Lipinski definition) is 2. The lowest BCUT2D eigenvalue weighted by atomic mass is 9.75. The van der Waals surface area contributed by atoms with Crippen LogP contribution in [0.3, 0.4) is 0 Å². The maximum Gasteiger partial charge on any atom is 0.0608 e. The van der Waals surface area contributed by atoms with Crippen LogP contribution in [0.25, 0.3) is 0 Å². The van der Waals surface area contributed by atoms with Gasteiger partial charge in [0.05, 0.1) is 13.2 Å². The molecule has 0 aromatic carbocycles. The number of hydrogen-bond acceptors (Lipinski definition) is 4. The Hall–Kier alpha value is -0.160. The van der Waals surface area contributed by atoms with Gasteiger partial charge >= 0.3 is 0 Å². The molecule has 3 N–H and O–H groups in total. The number of nitrogens with one attached hydrogen (secondary N) is 1. The molecule has 1 heterocycles. The Kier molecular flexibility index (Phi) is 3.54. The minimum Gasteiger partial charge on any atom is -0.379 e. The van der Waals surface area contributed by atoms with E-state index in [1.54, 1.807) is 0 Å². The summed E-state index contributed by atoms with van der Waals surface area (Å²) in [5.41, 5.74) is 10.1. The van der Waals surface area contributed by atoms with Crippen LogP contribution in [0.5, 0.6) is 0 Å². The van der Waals surface area contributed by atoms with Crippen molar-refractivity contribution in [2.45, 2.75) is 38.6 Å². The summed E-state index contributed by atoms with van der Waals surface area (Å²) in [6.45, 7) is 8.98. The lowest BCUT2D eigenvalue weighted by Gasteiger charge is -2.46. The molecule has 0 amide bonds. The fraction of sp³-hybridized carbons (Fsp3) is 1.00. The quantitative estimate of drug-likeness (QED) is 0.746. The van der Waals surface area contributed by atoms with E-state index in [4.69, 9.17) is 10.5 Å². The number of rotatable bonds is 3. The highest BCUT2D eigenvalue weighted by molar-refractivity contribution is 5.05. The van der Waals surface area contributed by atoms with Crippen LogP contribution in [0.15, 0.2) is 0 Å². The molecule has 0 aromatic rings. The number of ether oxygens (including phenoxy) is 1. The van der Waals surface area contributed by atoms with Crippen molar-refractivity contribution in [2.75, 3.05) is 32.8 Å². The van der Waals surface area contributed by atoms with Gasteiger partial charge < -0.3 is 10.5 Å². The Morgan fingerprint density at radius 2 is 1.94 bits per heavy atom. The van der Waals surface area contributed by atoms with E-state index in [-0.39, 0.29) is 5.54 Å². The van der Waals surface area contributed by atoms with Crippen molar-refractivity contribution in [1.82, 2.24) is 10.4 Å². The van der Waals surface area contributed by atoms with Crippen molar-refractivity contribution in [2.24, 2.45) is 11.1 Å². The first-order valence-electron chi connectivity index (χ1n) is 6.40. The molecule has 1 saturated heterocycles. The van der Waals surface area contributed by atoms with E-state index in [0.717, 1.165) is 32.8 Å². The molecule has 2 rings (SSSR count). The van der Waals surface area contributed by atoms with Crippen molar-refractivity contribution in [3.05, 3.63) is 0 Å². The van der Waals surface area contributed by atoms with Gasteiger partial charge in [-0.2, -0.15) is 0 Å². The Bertz CT molecular complexity index is 238. The molecule has 1 aliphatic heterocycles. The van der Waals surface area contributed by atoms with Gasteiger partial charge in [0.1, 0.15) is 0 Å². The largest absolute Gasteiger partial charge is 0.379 e. The molecule has 1 aliphatic carbocycles. The predicted molar refractivity (Wildman–Crippen MR) is 64.9 cm³/mol. The molecule has 0 spiro atoms. The highest BCUT2D eigenvalue weighted by Gasteiger charge is 2.48.